The summed E-state index contributed by atoms with van der Waals surface area (Å²) in [7, 11) is -3.47. The monoisotopic (exact) mass is 422 g/mol. The number of amides is 1. The number of nitrogens with one attached hydrogen (secondary N) is 1. The van der Waals surface area contributed by atoms with Crippen molar-refractivity contribution >= 4 is 15.9 Å². The standard InChI is InChI=1S/C22H35N3O3S/c1-4-18(2)20-8-10-21(11-9-20)29(27,28)24-15-13-23(14-16-24)17-22(26)25-12-6-5-7-19(25)3/h8-11,18-19H,4-7,12-17H2,1-3H3/p+1/t18-,19+/m0/s1. The molecule has 0 radical (unpaired) electrons. The van der Waals surface area contributed by atoms with E-state index >= 15 is 0 Å². The van der Waals surface area contributed by atoms with Gasteiger partial charge in [-0.25, -0.2) is 8.42 Å². The Kier molecular flexibility index (Phi) is 7.35. The minimum Gasteiger partial charge on any atom is -0.335 e. The van der Waals surface area contributed by atoms with Crippen LogP contribution in [0.2, 0.25) is 0 Å². The SMILES string of the molecule is CC[C@H](C)c1ccc(S(=O)(=O)N2CC[NH+](CC(=O)N3CCCC[C@H]3C)CC2)cc1. The van der Waals surface area contributed by atoms with Crippen LogP contribution >= 0.6 is 0 Å². The van der Waals surface area contributed by atoms with Crippen LogP contribution in [-0.4, -0.2) is 68.8 Å². The molecule has 0 spiro atoms. The van der Waals surface area contributed by atoms with E-state index in [4.69, 9.17) is 0 Å². The molecule has 162 valence electrons. The van der Waals surface area contributed by atoms with Crippen molar-refractivity contribution < 1.29 is 18.1 Å². The van der Waals surface area contributed by atoms with Gasteiger partial charge in [-0.05, 0) is 56.2 Å². The van der Waals surface area contributed by atoms with Crippen LogP contribution in [0.3, 0.4) is 0 Å². The Morgan fingerprint density at radius 2 is 1.79 bits per heavy atom. The van der Waals surface area contributed by atoms with Crippen LogP contribution in [0.4, 0.5) is 0 Å². The van der Waals surface area contributed by atoms with Gasteiger partial charge in [0, 0.05) is 12.6 Å². The van der Waals surface area contributed by atoms with Gasteiger partial charge in [0.25, 0.3) is 5.91 Å². The van der Waals surface area contributed by atoms with E-state index in [1.165, 1.54) is 16.9 Å². The van der Waals surface area contributed by atoms with Gasteiger partial charge < -0.3 is 9.80 Å². The lowest BCUT2D eigenvalue weighted by molar-refractivity contribution is -0.896. The van der Waals surface area contributed by atoms with Crippen molar-refractivity contribution in [2.24, 2.45) is 0 Å². The van der Waals surface area contributed by atoms with Gasteiger partial charge in [-0.3, -0.25) is 4.79 Å². The topological polar surface area (TPSA) is 62.1 Å². The van der Waals surface area contributed by atoms with Crippen molar-refractivity contribution in [2.75, 3.05) is 39.3 Å². The first-order chi connectivity index (χ1) is 13.8. The summed E-state index contributed by atoms with van der Waals surface area (Å²) in [5.41, 5.74) is 1.17. The van der Waals surface area contributed by atoms with Crippen LogP contribution in [0.25, 0.3) is 0 Å². The molecule has 1 N–H and O–H groups in total. The summed E-state index contributed by atoms with van der Waals surface area (Å²) in [4.78, 5) is 16.2. The van der Waals surface area contributed by atoms with Crippen molar-refractivity contribution in [3.05, 3.63) is 29.8 Å². The molecule has 2 fully saturated rings. The normalized spacial score (nSPS) is 23.1. The molecule has 1 aromatic carbocycles. The number of piperidine rings is 1. The smallest absolute Gasteiger partial charge is 0.277 e. The van der Waals surface area contributed by atoms with Crippen LogP contribution in [0, 0.1) is 0 Å². The minimum atomic E-state index is -3.47. The molecule has 2 heterocycles. The number of hydrogen-bond donors (Lipinski definition) is 1. The first-order valence-electron chi connectivity index (χ1n) is 11.1. The van der Waals surface area contributed by atoms with Gasteiger partial charge in [-0.15, -0.1) is 0 Å². The van der Waals surface area contributed by atoms with Crippen molar-refractivity contribution in [1.82, 2.24) is 9.21 Å². The fraction of sp³-hybridized carbons (Fsp3) is 0.682. The van der Waals surface area contributed by atoms with E-state index in [1.807, 2.05) is 17.0 Å². The molecule has 2 saturated heterocycles. The summed E-state index contributed by atoms with van der Waals surface area (Å²) in [6.45, 7) is 10.0. The number of benzene rings is 1. The van der Waals surface area contributed by atoms with Crippen molar-refractivity contribution in [1.29, 1.82) is 0 Å². The zero-order valence-corrected chi connectivity index (χ0v) is 18.9. The third-order valence-electron chi connectivity index (χ3n) is 6.65. The Labute approximate surface area is 175 Å². The molecule has 7 heteroatoms. The molecule has 0 aliphatic carbocycles. The highest BCUT2D eigenvalue weighted by Gasteiger charge is 2.33. The second kappa shape index (κ2) is 9.58. The molecule has 3 rings (SSSR count). The summed E-state index contributed by atoms with van der Waals surface area (Å²) < 4.78 is 27.6. The fourth-order valence-corrected chi connectivity index (χ4v) is 5.80. The Morgan fingerprint density at radius 3 is 2.38 bits per heavy atom. The summed E-state index contributed by atoms with van der Waals surface area (Å²) in [6, 6.07) is 7.66. The van der Waals surface area contributed by atoms with Crippen LogP contribution in [0.1, 0.15) is 57.9 Å². The molecule has 0 saturated carbocycles. The van der Waals surface area contributed by atoms with Crippen molar-refractivity contribution in [3.8, 4) is 0 Å². The lowest BCUT2D eigenvalue weighted by Crippen LogP contribution is -3.15. The predicted molar refractivity (Wildman–Crippen MR) is 114 cm³/mol. The van der Waals surface area contributed by atoms with Crippen LogP contribution in [-0.2, 0) is 14.8 Å². The Hall–Kier alpha value is -1.44. The van der Waals surface area contributed by atoms with Crippen LogP contribution in [0.15, 0.2) is 29.2 Å². The first-order valence-corrected chi connectivity index (χ1v) is 12.5. The first kappa shape index (κ1) is 22.2. The number of carbonyl (C=O) groups is 1. The van der Waals surface area contributed by atoms with Crippen LogP contribution in [0.5, 0.6) is 0 Å². The highest BCUT2D eigenvalue weighted by molar-refractivity contribution is 7.89. The molecule has 1 amide bonds. The molecule has 0 aromatic heterocycles. The molecule has 6 nitrogen and oxygen atoms in total. The Bertz CT molecular complexity index is 786. The zero-order chi connectivity index (χ0) is 21.0. The summed E-state index contributed by atoms with van der Waals surface area (Å²) in [5.74, 6) is 0.642. The summed E-state index contributed by atoms with van der Waals surface area (Å²) in [6.07, 6.45) is 4.41. The van der Waals surface area contributed by atoms with Gasteiger partial charge in [-0.2, -0.15) is 4.31 Å². The maximum atomic E-state index is 13.0. The maximum Gasteiger partial charge on any atom is 0.277 e. The van der Waals surface area contributed by atoms with E-state index in [1.54, 1.807) is 16.4 Å². The number of quaternary nitrogens is 1. The molecular weight excluding hydrogens is 386 g/mol. The largest absolute Gasteiger partial charge is 0.335 e. The average Bonchev–Trinajstić information content (AvgIpc) is 2.74. The molecule has 0 unspecified atom stereocenters. The molecule has 0 bridgehead atoms. The average molecular weight is 423 g/mol. The minimum absolute atomic E-state index is 0.212. The van der Waals surface area contributed by atoms with Crippen molar-refractivity contribution in [3.63, 3.8) is 0 Å². The third-order valence-corrected chi connectivity index (χ3v) is 8.57. The van der Waals surface area contributed by atoms with Gasteiger partial charge in [-0.1, -0.05) is 26.0 Å². The number of piperazine rings is 1. The number of hydrogen-bond acceptors (Lipinski definition) is 3. The maximum absolute atomic E-state index is 13.0. The lowest BCUT2D eigenvalue weighted by Gasteiger charge is -2.36. The van der Waals surface area contributed by atoms with Crippen LogP contribution < -0.4 is 4.90 Å². The molecule has 1 aromatic rings. The van der Waals surface area contributed by atoms with Gasteiger partial charge in [0.1, 0.15) is 0 Å². The van der Waals surface area contributed by atoms with E-state index in [0.717, 1.165) is 25.8 Å². The number of likely N-dealkylation sites (tertiary alicyclic amines) is 1. The number of sulfonamides is 1. The highest BCUT2D eigenvalue weighted by atomic mass is 32.2. The zero-order valence-electron chi connectivity index (χ0n) is 18.1. The molecule has 2 aliphatic heterocycles. The summed E-state index contributed by atoms with van der Waals surface area (Å²) in [5, 5.41) is 0. The third kappa shape index (κ3) is 5.19. The van der Waals surface area contributed by atoms with E-state index in [0.29, 0.717) is 49.6 Å². The molecular formula is C22H36N3O3S+. The van der Waals surface area contributed by atoms with Gasteiger partial charge in [0.05, 0.1) is 31.1 Å². The number of carbonyl (C=O) groups excluding carboxylic acids is 1. The van der Waals surface area contributed by atoms with Crippen molar-refractivity contribution in [2.45, 2.75) is 63.3 Å². The molecule has 29 heavy (non-hydrogen) atoms. The number of rotatable bonds is 6. The predicted octanol–water partition coefficient (Wildman–Crippen LogP) is 1.49. The van der Waals surface area contributed by atoms with E-state index in [9.17, 15) is 13.2 Å². The molecule has 2 atom stereocenters. The lowest BCUT2D eigenvalue weighted by atomic mass is 9.99. The van der Waals surface area contributed by atoms with Gasteiger partial charge in [0.15, 0.2) is 6.54 Å². The Morgan fingerprint density at radius 1 is 1.14 bits per heavy atom. The second-order valence-electron chi connectivity index (χ2n) is 8.64. The van der Waals surface area contributed by atoms with E-state index in [-0.39, 0.29) is 5.91 Å². The van der Waals surface area contributed by atoms with Gasteiger partial charge in [0.2, 0.25) is 10.0 Å². The van der Waals surface area contributed by atoms with E-state index < -0.39 is 10.0 Å². The van der Waals surface area contributed by atoms with Gasteiger partial charge >= 0.3 is 0 Å². The fourth-order valence-electron chi connectivity index (χ4n) is 4.36. The van der Waals surface area contributed by atoms with E-state index in [2.05, 4.69) is 20.8 Å². The number of nitrogens with zero attached hydrogens (tertiary/aromatic N) is 2. The quantitative estimate of drug-likeness (QED) is 0.756. The molecule has 2 aliphatic rings. The second-order valence-corrected chi connectivity index (χ2v) is 10.6. The Balaban J connectivity index is 1.56. The summed E-state index contributed by atoms with van der Waals surface area (Å²) >= 11 is 0. The highest BCUT2D eigenvalue weighted by Crippen LogP contribution is 2.22.